The molecule has 0 saturated carbocycles. The third-order valence-corrected chi connectivity index (χ3v) is 4.94. The third-order valence-electron chi connectivity index (χ3n) is 4.94. The highest BCUT2D eigenvalue weighted by atomic mass is 16.1. The van der Waals surface area contributed by atoms with Crippen LogP contribution in [-0.2, 0) is 4.79 Å². The number of nitriles is 1. The number of dihydropyridines is 1. The van der Waals surface area contributed by atoms with Gasteiger partial charge in [0.2, 0.25) is 0 Å². The summed E-state index contributed by atoms with van der Waals surface area (Å²) < 4.78 is 0. The lowest BCUT2D eigenvalue weighted by molar-refractivity contribution is -0.118. The van der Waals surface area contributed by atoms with Crippen LogP contribution in [-0.4, -0.2) is 19.9 Å². The largest absolute Gasteiger partial charge is 0.384 e. The van der Waals surface area contributed by atoms with Gasteiger partial charge < -0.3 is 16.0 Å². The molecule has 0 saturated heterocycles. The van der Waals surface area contributed by atoms with Gasteiger partial charge in [-0.15, -0.1) is 0 Å². The van der Waals surface area contributed by atoms with Gasteiger partial charge in [0.05, 0.1) is 17.6 Å². The molecule has 0 bridgehead atoms. The normalized spacial score (nSPS) is 22.2. The number of hydrogen-bond acceptors (Lipinski definition) is 5. The van der Waals surface area contributed by atoms with Crippen molar-refractivity contribution in [2.45, 2.75) is 32.6 Å². The van der Waals surface area contributed by atoms with Gasteiger partial charge in [-0.1, -0.05) is 26.0 Å². The van der Waals surface area contributed by atoms with Crippen molar-refractivity contribution in [1.82, 2.24) is 5.32 Å². The van der Waals surface area contributed by atoms with Crippen LogP contribution < -0.4 is 16.0 Å². The lowest BCUT2D eigenvalue weighted by atomic mass is 9.69. The molecule has 0 spiro atoms. The Balaban J connectivity index is 2.12. The third kappa shape index (κ3) is 3.00. The van der Waals surface area contributed by atoms with Crippen molar-refractivity contribution < 1.29 is 4.79 Å². The number of allylic oxidation sites excluding steroid dienone is 3. The lowest BCUT2D eigenvalue weighted by Gasteiger charge is -2.38. The second-order valence-electron chi connectivity index (χ2n) is 7.82. The summed E-state index contributed by atoms with van der Waals surface area (Å²) in [5, 5.41) is 12.8. The molecule has 0 amide bonds. The minimum absolute atomic E-state index is 0.0979. The Hall–Kier alpha value is -2.74. The molecule has 1 heterocycles. The minimum atomic E-state index is -0.388. The van der Waals surface area contributed by atoms with E-state index >= 15 is 0 Å². The van der Waals surface area contributed by atoms with E-state index in [1.807, 2.05) is 43.3 Å². The highest BCUT2D eigenvalue weighted by Crippen LogP contribution is 2.45. The number of nitrogens with two attached hydrogens (primary N) is 1. The first-order valence-corrected chi connectivity index (χ1v) is 8.44. The zero-order valence-electron chi connectivity index (χ0n) is 15.2. The van der Waals surface area contributed by atoms with Crippen molar-refractivity contribution in [3.8, 4) is 6.07 Å². The highest BCUT2D eigenvalue weighted by molar-refractivity contribution is 6.00. The van der Waals surface area contributed by atoms with Gasteiger partial charge in [-0.05, 0) is 29.5 Å². The van der Waals surface area contributed by atoms with Gasteiger partial charge in [0.25, 0.3) is 0 Å². The molecule has 1 aromatic rings. The average Bonchev–Trinajstić information content (AvgIpc) is 2.52. The molecule has 0 fully saturated rings. The Bertz CT molecular complexity index is 822. The van der Waals surface area contributed by atoms with Gasteiger partial charge in [-0.25, -0.2) is 0 Å². The molecule has 0 aromatic heterocycles. The van der Waals surface area contributed by atoms with Gasteiger partial charge in [-0.3, -0.25) is 4.79 Å². The predicted molar refractivity (Wildman–Crippen MR) is 98.5 cm³/mol. The second-order valence-corrected chi connectivity index (χ2v) is 7.82. The summed E-state index contributed by atoms with van der Waals surface area (Å²) in [7, 11) is 3.96. The fraction of sp³-hybridized carbons (Fsp3) is 0.400. The van der Waals surface area contributed by atoms with E-state index in [-0.39, 0.29) is 17.1 Å². The topological polar surface area (TPSA) is 82.2 Å². The Morgan fingerprint density at radius 2 is 1.88 bits per heavy atom. The Kier molecular flexibility index (Phi) is 4.08. The van der Waals surface area contributed by atoms with E-state index in [0.29, 0.717) is 23.4 Å². The van der Waals surface area contributed by atoms with Gasteiger partial charge >= 0.3 is 0 Å². The summed E-state index contributed by atoms with van der Waals surface area (Å²) >= 11 is 0. The van der Waals surface area contributed by atoms with Crippen LogP contribution in [0, 0.1) is 16.7 Å². The molecular formula is C20H24N4O. The first kappa shape index (κ1) is 17.1. The van der Waals surface area contributed by atoms with Crippen LogP contribution in [0.2, 0.25) is 0 Å². The minimum Gasteiger partial charge on any atom is -0.384 e. The molecule has 0 radical (unpaired) electrons. The summed E-state index contributed by atoms with van der Waals surface area (Å²) in [6, 6.07) is 10.2. The maximum Gasteiger partial charge on any atom is 0.162 e. The first-order valence-electron chi connectivity index (χ1n) is 8.44. The van der Waals surface area contributed by atoms with E-state index in [4.69, 9.17) is 5.73 Å². The molecular weight excluding hydrogens is 312 g/mol. The van der Waals surface area contributed by atoms with Crippen LogP contribution in [0.3, 0.4) is 0 Å². The van der Waals surface area contributed by atoms with Gasteiger partial charge in [0.15, 0.2) is 5.78 Å². The number of carbonyl (C=O) groups excluding carboxylic acids is 1. The molecule has 2 aliphatic rings. The van der Waals surface area contributed by atoms with Crippen molar-refractivity contribution >= 4 is 11.5 Å². The molecule has 5 heteroatoms. The number of Topliss-reactive ketones (excluding diaryl/α,β-unsaturated/α-hetero) is 1. The van der Waals surface area contributed by atoms with E-state index in [0.717, 1.165) is 23.4 Å². The van der Waals surface area contributed by atoms with E-state index in [2.05, 4.69) is 25.2 Å². The summed E-state index contributed by atoms with van der Waals surface area (Å²) in [4.78, 5) is 14.9. The fourth-order valence-corrected chi connectivity index (χ4v) is 3.73. The van der Waals surface area contributed by atoms with Gasteiger partial charge in [-0.2, -0.15) is 5.26 Å². The van der Waals surface area contributed by atoms with Gasteiger partial charge in [0.1, 0.15) is 5.82 Å². The molecule has 1 aromatic carbocycles. The van der Waals surface area contributed by atoms with Crippen LogP contribution in [0.5, 0.6) is 0 Å². The van der Waals surface area contributed by atoms with E-state index < -0.39 is 0 Å². The average molecular weight is 336 g/mol. The van der Waals surface area contributed by atoms with Gasteiger partial charge in [0, 0.05) is 37.5 Å². The monoisotopic (exact) mass is 336 g/mol. The zero-order valence-corrected chi connectivity index (χ0v) is 15.2. The molecule has 5 nitrogen and oxygen atoms in total. The highest BCUT2D eigenvalue weighted by Gasteiger charge is 2.41. The number of hydrogen-bond donors (Lipinski definition) is 2. The Morgan fingerprint density at radius 1 is 1.24 bits per heavy atom. The van der Waals surface area contributed by atoms with Crippen molar-refractivity contribution in [2.24, 2.45) is 11.1 Å². The van der Waals surface area contributed by atoms with Crippen molar-refractivity contribution in [3.63, 3.8) is 0 Å². The number of ketones is 1. The van der Waals surface area contributed by atoms with Crippen LogP contribution >= 0.6 is 0 Å². The van der Waals surface area contributed by atoms with E-state index in [1.54, 1.807) is 0 Å². The van der Waals surface area contributed by atoms with Crippen LogP contribution in [0.25, 0.3) is 0 Å². The van der Waals surface area contributed by atoms with Crippen molar-refractivity contribution in [1.29, 1.82) is 5.26 Å². The SMILES string of the molecule is CN(C)c1ccc(C2C(C#N)=C(N)NC3=C2C(=O)CC(C)(C)C3)cc1. The zero-order chi connectivity index (χ0) is 18.4. The molecule has 1 aliphatic carbocycles. The lowest BCUT2D eigenvalue weighted by Crippen LogP contribution is -2.39. The molecule has 130 valence electrons. The Morgan fingerprint density at radius 3 is 2.44 bits per heavy atom. The van der Waals surface area contributed by atoms with E-state index in [9.17, 15) is 10.1 Å². The van der Waals surface area contributed by atoms with Crippen molar-refractivity contribution in [3.05, 3.63) is 52.5 Å². The second kappa shape index (κ2) is 5.96. The number of nitrogens with one attached hydrogen (secondary N) is 1. The fourth-order valence-electron chi connectivity index (χ4n) is 3.73. The molecule has 25 heavy (non-hydrogen) atoms. The molecule has 1 atom stereocenters. The first-order chi connectivity index (χ1) is 11.7. The Labute approximate surface area is 148 Å². The smallest absolute Gasteiger partial charge is 0.162 e. The predicted octanol–water partition coefficient (Wildman–Crippen LogP) is 2.78. The molecule has 3 N–H and O–H groups in total. The number of benzene rings is 1. The maximum atomic E-state index is 12.9. The summed E-state index contributed by atoms with van der Waals surface area (Å²) in [5.74, 6) is 0.0650. The summed E-state index contributed by atoms with van der Waals surface area (Å²) in [6.45, 7) is 4.16. The summed E-state index contributed by atoms with van der Waals surface area (Å²) in [5.41, 5.74) is 9.99. The van der Waals surface area contributed by atoms with E-state index in [1.165, 1.54) is 0 Å². The number of nitrogens with zero attached hydrogens (tertiary/aromatic N) is 2. The quantitative estimate of drug-likeness (QED) is 0.868. The number of rotatable bonds is 2. The summed E-state index contributed by atoms with van der Waals surface area (Å²) in [6.07, 6.45) is 1.23. The maximum absolute atomic E-state index is 12.9. The molecule has 1 unspecified atom stereocenters. The molecule has 3 rings (SSSR count). The van der Waals surface area contributed by atoms with Crippen LogP contribution in [0.1, 0.15) is 38.2 Å². The van der Waals surface area contributed by atoms with Crippen LogP contribution in [0.15, 0.2) is 46.9 Å². The standard InChI is InChI=1S/C20H24N4O/c1-20(2)9-15-18(16(25)10-20)17(14(11-21)19(22)23-15)12-5-7-13(8-6-12)24(3)4/h5-8,17,23H,9-10,22H2,1-4H3. The number of anilines is 1. The van der Waals surface area contributed by atoms with Crippen molar-refractivity contribution in [2.75, 3.05) is 19.0 Å². The van der Waals surface area contributed by atoms with Crippen LogP contribution in [0.4, 0.5) is 5.69 Å². The molecule has 1 aliphatic heterocycles. The number of carbonyl (C=O) groups is 1.